The van der Waals surface area contributed by atoms with Gasteiger partial charge in [-0.05, 0) is 45.7 Å². The zero-order chi connectivity index (χ0) is 20.8. The number of nitrogens with two attached hydrogens (primary N) is 1. The summed E-state index contributed by atoms with van der Waals surface area (Å²) < 4.78 is 33.0. The van der Waals surface area contributed by atoms with E-state index in [2.05, 4.69) is 10.2 Å². The Balaban J connectivity index is 1.30. The van der Waals surface area contributed by atoms with Crippen molar-refractivity contribution in [3.05, 3.63) is 0 Å². The maximum atomic E-state index is 13.9. The van der Waals surface area contributed by atoms with Crippen molar-refractivity contribution in [2.75, 3.05) is 39.3 Å². The summed E-state index contributed by atoms with van der Waals surface area (Å²) in [6.07, 6.45) is 3.02. The van der Waals surface area contributed by atoms with Crippen molar-refractivity contribution in [1.29, 1.82) is 0 Å². The van der Waals surface area contributed by atoms with E-state index in [4.69, 9.17) is 10.5 Å². The summed E-state index contributed by atoms with van der Waals surface area (Å²) in [4.78, 5) is 28.0. The number of nitrogens with one attached hydrogen (secondary N) is 1. The van der Waals surface area contributed by atoms with Gasteiger partial charge in [-0.1, -0.05) is 0 Å². The Morgan fingerprint density at radius 3 is 2.48 bits per heavy atom. The fourth-order valence-electron chi connectivity index (χ4n) is 6.02. The van der Waals surface area contributed by atoms with Gasteiger partial charge in [0.05, 0.1) is 25.1 Å². The van der Waals surface area contributed by atoms with Gasteiger partial charge < -0.3 is 20.7 Å². The molecule has 1 unspecified atom stereocenters. The Labute approximate surface area is 170 Å². The van der Waals surface area contributed by atoms with E-state index in [0.29, 0.717) is 19.2 Å². The van der Waals surface area contributed by atoms with Crippen LogP contribution in [0.2, 0.25) is 0 Å². The number of carbonyl (C=O) groups is 2. The number of amides is 1. The Morgan fingerprint density at radius 1 is 1.17 bits per heavy atom. The molecule has 0 aromatic heterocycles. The van der Waals surface area contributed by atoms with Gasteiger partial charge in [-0.3, -0.25) is 14.5 Å². The molecule has 1 aliphatic carbocycles. The molecule has 4 aliphatic rings. The van der Waals surface area contributed by atoms with Crippen LogP contribution in [0, 0.1) is 11.3 Å². The second kappa shape index (κ2) is 7.74. The monoisotopic (exact) mass is 414 g/mol. The van der Waals surface area contributed by atoms with Crippen LogP contribution in [0.3, 0.4) is 0 Å². The fourth-order valence-corrected chi connectivity index (χ4v) is 6.02. The molecule has 29 heavy (non-hydrogen) atoms. The number of nitrogens with zero attached hydrogens (tertiary/aromatic N) is 2. The van der Waals surface area contributed by atoms with Gasteiger partial charge in [0.25, 0.3) is 5.92 Å². The van der Waals surface area contributed by atoms with Gasteiger partial charge in [0.2, 0.25) is 5.91 Å². The average molecular weight is 414 g/mol. The number of likely N-dealkylation sites (tertiary alicyclic amines) is 2. The fraction of sp³-hybridized carbons (Fsp3) is 0.900. The second-order valence-electron chi connectivity index (χ2n) is 9.28. The third-order valence-electron chi connectivity index (χ3n) is 7.54. The zero-order valence-electron chi connectivity index (χ0n) is 17.0. The first-order valence-electron chi connectivity index (χ1n) is 10.8. The zero-order valence-corrected chi connectivity index (χ0v) is 17.0. The first-order chi connectivity index (χ1) is 13.7. The molecule has 1 spiro atoms. The molecule has 3 saturated heterocycles. The molecule has 3 heterocycles. The summed E-state index contributed by atoms with van der Waals surface area (Å²) in [6.45, 7) is 5.07. The number of carbonyl (C=O) groups excluding carboxylic acids is 2. The highest BCUT2D eigenvalue weighted by molar-refractivity contribution is 5.80. The predicted molar refractivity (Wildman–Crippen MR) is 102 cm³/mol. The lowest BCUT2D eigenvalue weighted by Crippen LogP contribution is -2.59. The molecule has 4 fully saturated rings. The highest BCUT2D eigenvalue weighted by Crippen LogP contribution is 2.52. The highest BCUT2D eigenvalue weighted by Gasteiger charge is 2.57. The van der Waals surface area contributed by atoms with Gasteiger partial charge in [-0.15, -0.1) is 0 Å². The van der Waals surface area contributed by atoms with Crippen LogP contribution < -0.4 is 11.1 Å². The molecule has 3 N–H and O–H groups in total. The molecule has 1 saturated carbocycles. The Kier molecular flexibility index (Phi) is 5.59. The number of rotatable bonds is 5. The Hall–Kier alpha value is -1.32. The van der Waals surface area contributed by atoms with Crippen LogP contribution >= 0.6 is 0 Å². The summed E-state index contributed by atoms with van der Waals surface area (Å²) in [7, 11) is 0. The Morgan fingerprint density at radius 2 is 1.86 bits per heavy atom. The molecular formula is C20H32F2N4O3. The predicted octanol–water partition coefficient (Wildman–Crippen LogP) is 0.577. The lowest BCUT2D eigenvalue weighted by Gasteiger charge is -2.53. The molecule has 3 aliphatic heterocycles. The number of esters is 1. The van der Waals surface area contributed by atoms with Gasteiger partial charge in [0.1, 0.15) is 0 Å². The third kappa shape index (κ3) is 3.88. The van der Waals surface area contributed by atoms with E-state index in [0.717, 1.165) is 45.3 Å². The Bertz CT molecular complexity index is 648. The number of hydrogen-bond acceptors (Lipinski definition) is 6. The van der Waals surface area contributed by atoms with E-state index >= 15 is 0 Å². The van der Waals surface area contributed by atoms with Gasteiger partial charge in [0.15, 0.2) is 0 Å². The van der Waals surface area contributed by atoms with Crippen molar-refractivity contribution in [2.45, 2.75) is 63.1 Å². The van der Waals surface area contributed by atoms with Crippen molar-refractivity contribution in [2.24, 2.45) is 17.1 Å². The van der Waals surface area contributed by atoms with Crippen LogP contribution in [-0.2, 0) is 14.3 Å². The summed E-state index contributed by atoms with van der Waals surface area (Å²) in [6, 6.07) is -0.449. The molecule has 0 aromatic rings. The minimum atomic E-state index is -2.84. The van der Waals surface area contributed by atoms with Crippen molar-refractivity contribution in [3.8, 4) is 0 Å². The maximum Gasteiger partial charge on any atom is 0.310 e. The summed E-state index contributed by atoms with van der Waals surface area (Å²) in [5.74, 6) is -3.65. The van der Waals surface area contributed by atoms with Crippen LogP contribution in [0.25, 0.3) is 0 Å². The molecule has 1 amide bonds. The van der Waals surface area contributed by atoms with Crippen LogP contribution in [0.15, 0.2) is 0 Å². The van der Waals surface area contributed by atoms with Crippen molar-refractivity contribution >= 4 is 11.9 Å². The number of piperidine rings is 1. The van der Waals surface area contributed by atoms with Crippen LogP contribution in [0.4, 0.5) is 8.78 Å². The highest BCUT2D eigenvalue weighted by atomic mass is 19.3. The van der Waals surface area contributed by atoms with Gasteiger partial charge in [-0.25, -0.2) is 8.78 Å². The topological polar surface area (TPSA) is 87.9 Å². The van der Waals surface area contributed by atoms with Crippen LogP contribution in [-0.4, -0.2) is 85.1 Å². The molecule has 7 nitrogen and oxygen atoms in total. The molecule has 9 heteroatoms. The minimum absolute atomic E-state index is 0.00183. The second-order valence-corrected chi connectivity index (χ2v) is 9.28. The molecule has 2 atom stereocenters. The van der Waals surface area contributed by atoms with E-state index in [9.17, 15) is 18.4 Å². The van der Waals surface area contributed by atoms with E-state index in [1.54, 1.807) is 4.90 Å². The lowest BCUT2D eigenvalue weighted by molar-refractivity contribution is -0.155. The molecular weight excluding hydrogens is 382 g/mol. The largest absolute Gasteiger partial charge is 0.466 e. The number of ether oxygens (including phenoxy) is 1. The lowest BCUT2D eigenvalue weighted by atomic mass is 9.59. The molecule has 0 bridgehead atoms. The van der Waals surface area contributed by atoms with E-state index in [1.165, 1.54) is 0 Å². The van der Waals surface area contributed by atoms with E-state index in [-0.39, 0.29) is 29.9 Å². The van der Waals surface area contributed by atoms with Crippen molar-refractivity contribution < 1.29 is 23.1 Å². The van der Waals surface area contributed by atoms with E-state index in [1.807, 2.05) is 6.92 Å². The van der Waals surface area contributed by atoms with Gasteiger partial charge in [0, 0.05) is 37.0 Å². The van der Waals surface area contributed by atoms with Crippen LogP contribution in [0.5, 0.6) is 0 Å². The quantitative estimate of drug-likeness (QED) is 0.640. The summed E-state index contributed by atoms with van der Waals surface area (Å²) in [5.41, 5.74) is 5.38. The molecule has 164 valence electrons. The number of primary amides is 1. The average Bonchev–Trinajstić information content (AvgIpc) is 3.22. The number of halogens is 2. The smallest absolute Gasteiger partial charge is 0.310 e. The first kappa shape index (κ1) is 20.9. The minimum Gasteiger partial charge on any atom is -0.466 e. The van der Waals surface area contributed by atoms with Crippen molar-refractivity contribution in [3.63, 3.8) is 0 Å². The molecule has 4 rings (SSSR count). The third-order valence-corrected chi connectivity index (χ3v) is 7.54. The maximum absolute atomic E-state index is 13.9. The first-order valence-corrected chi connectivity index (χ1v) is 10.8. The van der Waals surface area contributed by atoms with Crippen LogP contribution in [0.1, 0.15) is 39.0 Å². The summed E-state index contributed by atoms with van der Waals surface area (Å²) in [5, 5.41) is 3.35. The van der Waals surface area contributed by atoms with Gasteiger partial charge >= 0.3 is 5.97 Å². The molecule has 0 aromatic carbocycles. The normalized spacial score (nSPS) is 38.2. The SMILES string of the molecule is CCOC(=O)C1CNCC12CC(N1CCC(N3CC(F)(F)C[C@@H]3C(N)=O)CC1)C2. The number of hydrogen-bond donors (Lipinski definition) is 2. The number of alkyl halides is 2. The van der Waals surface area contributed by atoms with Crippen molar-refractivity contribution in [1.82, 2.24) is 15.1 Å². The van der Waals surface area contributed by atoms with Gasteiger partial charge in [-0.2, -0.15) is 0 Å². The summed E-state index contributed by atoms with van der Waals surface area (Å²) >= 11 is 0. The standard InChI is InChI=1S/C20H32F2N4O3/c1-2-29-18(28)15-10-24-11-19(15)7-14(8-19)25-5-3-13(4-6-25)26-12-20(21,22)9-16(26)17(23)27/h13-16,24H,2-12H2,1H3,(H2,23,27)/t14?,15?,16-,19?/m1/s1. The van der Waals surface area contributed by atoms with E-state index < -0.39 is 24.3 Å². The molecule has 0 radical (unpaired) electrons.